The standard InChI is InChI=1S/C10H21NO2/c1-9(13)7-11-5-3-10(2,8-12)4-6-11/h9,12-13H,3-8H2,1-2H3. The fourth-order valence-electron chi connectivity index (χ4n) is 1.81. The number of β-amino-alcohol motifs (C(OH)–C–C–N with tert-alkyl or cyclic N) is 1. The number of likely N-dealkylation sites (tertiary alicyclic amines) is 1. The summed E-state index contributed by atoms with van der Waals surface area (Å²) in [6.07, 6.45) is 1.84. The van der Waals surface area contributed by atoms with Gasteiger partial charge in [-0.2, -0.15) is 0 Å². The highest BCUT2D eigenvalue weighted by atomic mass is 16.3. The molecule has 1 rings (SSSR count). The molecule has 3 heteroatoms. The Morgan fingerprint density at radius 3 is 2.31 bits per heavy atom. The average Bonchev–Trinajstić information content (AvgIpc) is 2.09. The minimum absolute atomic E-state index is 0.120. The molecule has 1 unspecified atom stereocenters. The Hall–Kier alpha value is -0.120. The summed E-state index contributed by atoms with van der Waals surface area (Å²) in [7, 11) is 0. The van der Waals surface area contributed by atoms with E-state index in [1.165, 1.54) is 0 Å². The fourth-order valence-corrected chi connectivity index (χ4v) is 1.81. The molecule has 0 aromatic rings. The molecule has 1 atom stereocenters. The molecular formula is C10H21NO2. The molecule has 0 aromatic heterocycles. The maximum absolute atomic E-state index is 9.20. The third kappa shape index (κ3) is 3.25. The van der Waals surface area contributed by atoms with E-state index in [-0.39, 0.29) is 18.1 Å². The van der Waals surface area contributed by atoms with Crippen molar-refractivity contribution in [2.45, 2.75) is 32.8 Å². The van der Waals surface area contributed by atoms with Gasteiger partial charge in [0, 0.05) is 13.2 Å². The first-order chi connectivity index (χ1) is 6.06. The summed E-state index contributed by atoms with van der Waals surface area (Å²) >= 11 is 0. The Labute approximate surface area is 80.4 Å². The second-order valence-electron chi connectivity index (χ2n) is 4.62. The number of nitrogens with zero attached hydrogens (tertiary/aromatic N) is 1. The molecular weight excluding hydrogens is 166 g/mol. The Kier molecular flexibility index (Phi) is 3.71. The van der Waals surface area contributed by atoms with Gasteiger partial charge in [-0.1, -0.05) is 6.92 Å². The third-order valence-electron chi connectivity index (χ3n) is 2.97. The summed E-state index contributed by atoms with van der Waals surface area (Å²) in [6, 6.07) is 0. The molecule has 78 valence electrons. The van der Waals surface area contributed by atoms with Crippen molar-refractivity contribution in [1.82, 2.24) is 4.90 Å². The molecule has 0 spiro atoms. The molecule has 1 fully saturated rings. The van der Waals surface area contributed by atoms with Crippen LogP contribution >= 0.6 is 0 Å². The van der Waals surface area contributed by atoms with Crippen LogP contribution in [0.4, 0.5) is 0 Å². The number of hydrogen-bond donors (Lipinski definition) is 2. The molecule has 1 aliphatic rings. The van der Waals surface area contributed by atoms with Crippen molar-refractivity contribution in [2.24, 2.45) is 5.41 Å². The molecule has 0 radical (unpaired) electrons. The van der Waals surface area contributed by atoms with Crippen LogP contribution in [-0.4, -0.2) is 47.5 Å². The molecule has 0 bridgehead atoms. The predicted octanol–water partition coefficient (Wildman–Crippen LogP) is 0.462. The highest BCUT2D eigenvalue weighted by Gasteiger charge is 2.29. The van der Waals surface area contributed by atoms with Crippen molar-refractivity contribution >= 4 is 0 Å². The lowest BCUT2D eigenvalue weighted by Gasteiger charge is -2.38. The van der Waals surface area contributed by atoms with Crippen LogP contribution < -0.4 is 0 Å². The fraction of sp³-hybridized carbons (Fsp3) is 1.00. The van der Waals surface area contributed by atoms with Gasteiger partial charge >= 0.3 is 0 Å². The number of rotatable bonds is 3. The van der Waals surface area contributed by atoms with Gasteiger partial charge in [-0.3, -0.25) is 0 Å². The Morgan fingerprint density at radius 1 is 1.38 bits per heavy atom. The first kappa shape index (κ1) is 11.0. The van der Waals surface area contributed by atoms with E-state index in [0.29, 0.717) is 0 Å². The SMILES string of the molecule is CC(O)CN1CCC(C)(CO)CC1. The Bertz CT molecular complexity index is 151. The molecule has 0 amide bonds. The zero-order chi connectivity index (χ0) is 9.90. The van der Waals surface area contributed by atoms with Gasteiger partial charge in [0.25, 0.3) is 0 Å². The van der Waals surface area contributed by atoms with E-state index in [4.69, 9.17) is 5.11 Å². The molecule has 3 nitrogen and oxygen atoms in total. The van der Waals surface area contributed by atoms with Gasteiger partial charge in [0.1, 0.15) is 0 Å². The second-order valence-corrected chi connectivity index (χ2v) is 4.62. The molecule has 0 saturated carbocycles. The van der Waals surface area contributed by atoms with Gasteiger partial charge in [0.05, 0.1) is 6.10 Å². The highest BCUT2D eigenvalue weighted by Crippen LogP contribution is 2.29. The summed E-state index contributed by atoms with van der Waals surface area (Å²) < 4.78 is 0. The van der Waals surface area contributed by atoms with Crippen molar-refractivity contribution in [3.8, 4) is 0 Å². The van der Waals surface area contributed by atoms with Crippen LogP contribution in [0.3, 0.4) is 0 Å². The number of hydrogen-bond acceptors (Lipinski definition) is 3. The molecule has 2 N–H and O–H groups in total. The van der Waals surface area contributed by atoms with Gasteiger partial charge in [-0.05, 0) is 38.3 Å². The zero-order valence-corrected chi connectivity index (χ0v) is 8.66. The average molecular weight is 187 g/mol. The largest absolute Gasteiger partial charge is 0.396 e. The van der Waals surface area contributed by atoms with Crippen molar-refractivity contribution in [3.63, 3.8) is 0 Å². The Morgan fingerprint density at radius 2 is 1.92 bits per heavy atom. The lowest BCUT2D eigenvalue weighted by Crippen LogP contribution is -2.42. The minimum Gasteiger partial charge on any atom is -0.396 e. The van der Waals surface area contributed by atoms with E-state index in [9.17, 15) is 5.11 Å². The van der Waals surface area contributed by atoms with Crippen LogP contribution in [0.15, 0.2) is 0 Å². The first-order valence-electron chi connectivity index (χ1n) is 5.07. The number of aliphatic hydroxyl groups excluding tert-OH is 2. The van der Waals surface area contributed by atoms with Crippen molar-refractivity contribution in [3.05, 3.63) is 0 Å². The Balaban J connectivity index is 2.30. The predicted molar refractivity (Wildman–Crippen MR) is 52.5 cm³/mol. The van der Waals surface area contributed by atoms with E-state index in [2.05, 4.69) is 11.8 Å². The normalized spacial score (nSPS) is 25.8. The first-order valence-corrected chi connectivity index (χ1v) is 5.07. The van der Waals surface area contributed by atoms with Crippen LogP contribution in [0.1, 0.15) is 26.7 Å². The molecule has 1 aliphatic heterocycles. The summed E-state index contributed by atoms with van der Waals surface area (Å²) in [6.45, 7) is 7.01. The van der Waals surface area contributed by atoms with Gasteiger partial charge < -0.3 is 15.1 Å². The molecule has 0 aromatic carbocycles. The lowest BCUT2D eigenvalue weighted by atomic mass is 9.81. The van der Waals surface area contributed by atoms with Crippen molar-refractivity contribution in [2.75, 3.05) is 26.2 Å². The second kappa shape index (κ2) is 4.40. The quantitative estimate of drug-likeness (QED) is 0.674. The van der Waals surface area contributed by atoms with Crippen LogP contribution in [0.5, 0.6) is 0 Å². The van der Waals surface area contributed by atoms with Gasteiger partial charge in [-0.15, -0.1) is 0 Å². The topological polar surface area (TPSA) is 43.7 Å². The number of aliphatic hydroxyl groups is 2. The summed E-state index contributed by atoms with van der Waals surface area (Å²) in [4.78, 5) is 2.27. The maximum Gasteiger partial charge on any atom is 0.0639 e. The van der Waals surface area contributed by atoms with E-state index < -0.39 is 0 Å². The summed E-state index contributed by atoms with van der Waals surface area (Å²) in [5.41, 5.74) is 0.120. The van der Waals surface area contributed by atoms with E-state index in [0.717, 1.165) is 32.5 Å². The van der Waals surface area contributed by atoms with Gasteiger partial charge in [0.15, 0.2) is 0 Å². The molecule has 13 heavy (non-hydrogen) atoms. The van der Waals surface area contributed by atoms with Crippen LogP contribution in [0, 0.1) is 5.41 Å². The zero-order valence-electron chi connectivity index (χ0n) is 8.66. The van der Waals surface area contributed by atoms with Crippen LogP contribution in [-0.2, 0) is 0 Å². The molecule has 1 heterocycles. The highest BCUT2D eigenvalue weighted by molar-refractivity contribution is 4.82. The monoisotopic (exact) mass is 187 g/mol. The molecule has 1 saturated heterocycles. The van der Waals surface area contributed by atoms with E-state index >= 15 is 0 Å². The molecule has 0 aliphatic carbocycles. The summed E-state index contributed by atoms with van der Waals surface area (Å²) in [5.74, 6) is 0. The van der Waals surface area contributed by atoms with Crippen molar-refractivity contribution in [1.29, 1.82) is 0 Å². The lowest BCUT2D eigenvalue weighted by molar-refractivity contribution is 0.0385. The van der Waals surface area contributed by atoms with Crippen molar-refractivity contribution < 1.29 is 10.2 Å². The van der Waals surface area contributed by atoms with Crippen LogP contribution in [0.25, 0.3) is 0 Å². The van der Waals surface area contributed by atoms with Crippen LogP contribution in [0.2, 0.25) is 0 Å². The summed E-state index contributed by atoms with van der Waals surface area (Å²) in [5, 5.41) is 18.4. The van der Waals surface area contributed by atoms with E-state index in [1.807, 2.05) is 6.92 Å². The van der Waals surface area contributed by atoms with E-state index in [1.54, 1.807) is 0 Å². The van der Waals surface area contributed by atoms with Gasteiger partial charge in [0.2, 0.25) is 0 Å². The maximum atomic E-state index is 9.20. The third-order valence-corrected chi connectivity index (χ3v) is 2.97. The smallest absolute Gasteiger partial charge is 0.0639 e. The minimum atomic E-state index is -0.238. The van der Waals surface area contributed by atoms with Gasteiger partial charge in [-0.25, -0.2) is 0 Å². The number of piperidine rings is 1.